The van der Waals surface area contributed by atoms with Gasteiger partial charge in [0.2, 0.25) is 0 Å². The quantitative estimate of drug-likeness (QED) is 0.386. The summed E-state index contributed by atoms with van der Waals surface area (Å²) < 4.78 is 0. The molecule has 0 spiro atoms. The molecule has 2 atom stereocenters. The Morgan fingerprint density at radius 3 is 2.58 bits per heavy atom. The van der Waals surface area contributed by atoms with Gasteiger partial charge in [0, 0.05) is 13.1 Å². The van der Waals surface area contributed by atoms with E-state index in [2.05, 4.69) is 30.5 Å². The molecular formula is C9H16BNS. The van der Waals surface area contributed by atoms with Crippen molar-refractivity contribution >= 4 is 20.5 Å². The Morgan fingerprint density at radius 1 is 1.58 bits per heavy atom. The van der Waals surface area contributed by atoms with Crippen LogP contribution in [0.1, 0.15) is 20.3 Å². The van der Waals surface area contributed by atoms with Crippen LogP contribution in [0.3, 0.4) is 0 Å². The number of rotatable bonds is 2. The van der Waals surface area contributed by atoms with Crippen molar-refractivity contribution in [2.45, 2.75) is 31.5 Å². The average molecular weight is 181 g/mol. The summed E-state index contributed by atoms with van der Waals surface area (Å²) in [7, 11) is 5.78. The highest BCUT2D eigenvalue weighted by Crippen LogP contribution is 2.22. The van der Waals surface area contributed by atoms with Gasteiger partial charge in [-0.05, 0) is 13.3 Å². The van der Waals surface area contributed by atoms with Crippen molar-refractivity contribution in [1.29, 1.82) is 0 Å². The molecule has 2 unspecified atom stereocenters. The maximum absolute atomic E-state index is 5.78. The molecule has 3 heteroatoms. The van der Waals surface area contributed by atoms with Crippen LogP contribution in [-0.2, 0) is 0 Å². The molecule has 0 aromatic carbocycles. The molecule has 0 bridgehead atoms. The Hall–Kier alpha value is 0.115. The number of hydrogen-bond acceptors (Lipinski definition) is 2. The fraction of sp³-hybridized carbons (Fsp3) is 0.778. The van der Waals surface area contributed by atoms with Crippen LogP contribution in [0.5, 0.6) is 0 Å². The number of nitrogens with zero attached hydrogens (tertiary/aromatic N) is 1. The van der Waals surface area contributed by atoms with Gasteiger partial charge >= 0.3 is 0 Å². The minimum Gasteiger partial charge on any atom is -0.288 e. The Morgan fingerprint density at radius 2 is 2.25 bits per heavy atom. The van der Waals surface area contributed by atoms with Crippen molar-refractivity contribution in [3.8, 4) is 0 Å². The van der Waals surface area contributed by atoms with E-state index in [-0.39, 0.29) is 5.82 Å². The molecule has 1 aliphatic rings. The first kappa shape index (κ1) is 10.2. The van der Waals surface area contributed by atoms with Crippen molar-refractivity contribution in [2.24, 2.45) is 0 Å². The standard InChI is InChI=1S/C9H16BNS/c1-7(10)9-3-5-11(6-4-9)8(2)12/h3,7-8,12H,4-6H2,1-2H3. The lowest BCUT2D eigenvalue weighted by Gasteiger charge is -2.30. The van der Waals surface area contributed by atoms with E-state index in [1.165, 1.54) is 5.57 Å². The van der Waals surface area contributed by atoms with Gasteiger partial charge in [-0.1, -0.05) is 24.4 Å². The van der Waals surface area contributed by atoms with E-state index in [4.69, 9.17) is 7.85 Å². The zero-order chi connectivity index (χ0) is 9.14. The second-order valence-corrected chi connectivity index (χ2v) is 4.19. The van der Waals surface area contributed by atoms with Gasteiger partial charge in [-0.15, -0.1) is 0 Å². The molecule has 0 fully saturated rings. The molecule has 0 aliphatic carbocycles. The van der Waals surface area contributed by atoms with Crippen molar-refractivity contribution in [2.75, 3.05) is 13.1 Å². The molecule has 1 rings (SSSR count). The normalized spacial score (nSPS) is 24.8. The first-order chi connectivity index (χ1) is 5.61. The summed E-state index contributed by atoms with van der Waals surface area (Å²) in [4.78, 5) is 2.33. The van der Waals surface area contributed by atoms with Crippen molar-refractivity contribution < 1.29 is 0 Å². The second-order valence-electron chi connectivity index (χ2n) is 3.44. The minimum absolute atomic E-state index is 0.224. The largest absolute Gasteiger partial charge is 0.288 e. The van der Waals surface area contributed by atoms with Crippen LogP contribution in [0.2, 0.25) is 5.82 Å². The number of thiol groups is 1. The van der Waals surface area contributed by atoms with E-state index in [1.54, 1.807) is 0 Å². The van der Waals surface area contributed by atoms with Gasteiger partial charge in [0.25, 0.3) is 0 Å². The predicted molar refractivity (Wildman–Crippen MR) is 57.9 cm³/mol. The summed E-state index contributed by atoms with van der Waals surface area (Å²) >= 11 is 4.39. The van der Waals surface area contributed by atoms with Gasteiger partial charge in [0.15, 0.2) is 0 Å². The highest BCUT2D eigenvalue weighted by atomic mass is 32.1. The molecule has 66 valence electrons. The summed E-state index contributed by atoms with van der Waals surface area (Å²) in [6, 6.07) is 0. The Balaban J connectivity index is 2.47. The van der Waals surface area contributed by atoms with Crippen molar-refractivity contribution in [1.82, 2.24) is 4.90 Å². The molecule has 2 radical (unpaired) electrons. The molecule has 0 saturated heterocycles. The summed E-state index contributed by atoms with van der Waals surface area (Å²) in [5.41, 5.74) is 1.39. The molecule has 1 heterocycles. The van der Waals surface area contributed by atoms with Gasteiger partial charge in [-0.3, -0.25) is 4.90 Å². The minimum atomic E-state index is 0.224. The van der Waals surface area contributed by atoms with Crippen LogP contribution in [0.25, 0.3) is 0 Å². The van der Waals surface area contributed by atoms with E-state index in [9.17, 15) is 0 Å². The van der Waals surface area contributed by atoms with Crippen LogP contribution in [0, 0.1) is 0 Å². The van der Waals surface area contributed by atoms with Crippen LogP contribution < -0.4 is 0 Å². The first-order valence-corrected chi connectivity index (χ1v) is 4.99. The number of hydrogen-bond donors (Lipinski definition) is 1. The lowest BCUT2D eigenvalue weighted by molar-refractivity contribution is 0.287. The highest BCUT2D eigenvalue weighted by molar-refractivity contribution is 7.80. The molecule has 1 aliphatic heterocycles. The van der Waals surface area contributed by atoms with Gasteiger partial charge < -0.3 is 0 Å². The Labute approximate surface area is 82.0 Å². The summed E-state index contributed by atoms with van der Waals surface area (Å²) in [6.07, 6.45) is 3.34. The lowest BCUT2D eigenvalue weighted by Crippen LogP contribution is -2.33. The lowest BCUT2D eigenvalue weighted by atomic mass is 9.80. The van der Waals surface area contributed by atoms with Crippen molar-refractivity contribution in [3.63, 3.8) is 0 Å². The van der Waals surface area contributed by atoms with Crippen LogP contribution >= 0.6 is 12.6 Å². The molecule has 0 aromatic heterocycles. The first-order valence-electron chi connectivity index (χ1n) is 4.48. The maximum Gasteiger partial charge on any atom is 0.0755 e. The third-order valence-electron chi connectivity index (χ3n) is 2.39. The molecule has 12 heavy (non-hydrogen) atoms. The van der Waals surface area contributed by atoms with E-state index in [0.29, 0.717) is 5.37 Å². The summed E-state index contributed by atoms with van der Waals surface area (Å²) in [5, 5.41) is 0.357. The SMILES string of the molecule is [B]C(C)C1=CCN(C(C)S)CC1. The summed E-state index contributed by atoms with van der Waals surface area (Å²) in [5.74, 6) is 0.224. The topological polar surface area (TPSA) is 3.24 Å². The average Bonchev–Trinajstić information content (AvgIpc) is 2.04. The molecule has 0 saturated carbocycles. The maximum atomic E-state index is 5.78. The van der Waals surface area contributed by atoms with Gasteiger partial charge in [-0.25, -0.2) is 0 Å². The van der Waals surface area contributed by atoms with Gasteiger partial charge in [0.1, 0.15) is 0 Å². The highest BCUT2D eigenvalue weighted by Gasteiger charge is 2.15. The van der Waals surface area contributed by atoms with E-state index in [1.807, 2.05) is 6.92 Å². The van der Waals surface area contributed by atoms with Gasteiger partial charge in [0.05, 0.1) is 13.2 Å². The molecule has 0 amide bonds. The van der Waals surface area contributed by atoms with Crippen LogP contribution in [0.4, 0.5) is 0 Å². The van der Waals surface area contributed by atoms with Crippen LogP contribution in [-0.4, -0.2) is 31.2 Å². The predicted octanol–water partition coefficient (Wildman–Crippen LogP) is 1.87. The van der Waals surface area contributed by atoms with Gasteiger partial charge in [-0.2, -0.15) is 12.6 Å². The third-order valence-corrected chi connectivity index (χ3v) is 2.72. The van der Waals surface area contributed by atoms with E-state index < -0.39 is 0 Å². The monoisotopic (exact) mass is 181 g/mol. The smallest absolute Gasteiger partial charge is 0.0755 e. The van der Waals surface area contributed by atoms with Crippen LogP contribution in [0.15, 0.2) is 11.6 Å². The molecule has 1 nitrogen and oxygen atoms in total. The fourth-order valence-corrected chi connectivity index (χ4v) is 1.66. The molecular weight excluding hydrogens is 165 g/mol. The molecule has 0 aromatic rings. The van der Waals surface area contributed by atoms with Crippen molar-refractivity contribution in [3.05, 3.63) is 11.6 Å². The van der Waals surface area contributed by atoms with E-state index >= 15 is 0 Å². The Kier molecular flexibility index (Phi) is 3.72. The molecule has 0 N–H and O–H groups in total. The second kappa shape index (κ2) is 4.38. The fourth-order valence-electron chi connectivity index (χ4n) is 1.45. The Bertz CT molecular complexity index is 177. The third kappa shape index (κ3) is 2.56. The summed E-state index contributed by atoms with van der Waals surface area (Å²) in [6.45, 7) is 6.25. The van der Waals surface area contributed by atoms with E-state index in [0.717, 1.165) is 19.5 Å². The zero-order valence-corrected chi connectivity index (χ0v) is 8.72. The zero-order valence-electron chi connectivity index (χ0n) is 7.83.